The molecule has 20 aromatic rings. The van der Waals surface area contributed by atoms with E-state index in [0.29, 0.717) is 5.95 Å². The van der Waals surface area contributed by atoms with Crippen LogP contribution in [0.5, 0.6) is 0 Å². The van der Waals surface area contributed by atoms with E-state index in [0.717, 1.165) is 61.0 Å². The van der Waals surface area contributed by atoms with Gasteiger partial charge in [-0.1, -0.05) is 218 Å². The van der Waals surface area contributed by atoms with Gasteiger partial charge in [-0.05, 0) is 130 Å². The second-order valence-electron chi connectivity index (χ2n) is 23.6. The summed E-state index contributed by atoms with van der Waals surface area (Å²) in [6, 6.07) is 111. The maximum atomic E-state index is 9.96. The van der Waals surface area contributed by atoms with Crippen molar-refractivity contribution in [2.24, 2.45) is 0 Å². The molecule has 0 aliphatic rings. The van der Waals surface area contributed by atoms with Crippen LogP contribution in [0.1, 0.15) is 2.80 Å². The van der Waals surface area contributed by atoms with Gasteiger partial charge >= 0.3 is 29.6 Å². The molecule has 0 fully saturated rings. The van der Waals surface area contributed by atoms with Crippen LogP contribution in [0, 0.1) is 0 Å². The zero-order chi connectivity index (χ0) is 64.2. The zero-order valence-electron chi connectivity index (χ0n) is 54.1. The van der Waals surface area contributed by atoms with E-state index < -0.39 is 7.15 Å². The third kappa shape index (κ3) is 10.4. The Morgan fingerprint density at radius 2 is 0.688 bits per heavy atom. The number of rotatable bonds is 5. The number of aromatic amines is 1. The number of nitrogens with zero attached hydrogens (tertiary/aromatic N) is 7. The zero-order valence-corrected chi connectivity index (χ0v) is 54.9. The van der Waals surface area contributed by atoms with Crippen molar-refractivity contribution in [3.05, 3.63) is 321 Å². The molecular weight excluding hydrogens is 1210 g/mol. The van der Waals surface area contributed by atoms with Crippen LogP contribution < -0.4 is 29.6 Å². The Morgan fingerprint density at radius 1 is 0.323 bits per heavy atom. The number of nitrogens with one attached hydrogen (secondary N) is 1. The van der Waals surface area contributed by atoms with Crippen LogP contribution in [-0.2, 0) is 0 Å². The van der Waals surface area contributed by atoms with Gasteiger partial charge in [0.2, 0.25) is 11.2 Å². The first-order valence-corrected chi connectivity index (χ1v) is 31.9. The van der Waals surface area contributed by atoms with Crippen LogP contribution in [0.15, 0.2) is 315 Å². The van der Waals surface area contributed by atoms with Gasteiger partial charge in [0, 0.05) is 87.4 Å². The number of fused-ring (bicyclic) bond motifs is 16. The number of alkyl halides is 1. The molecule has 0 radical (unpaired) electrons. The predicted molar refractivity (Wildman–Crippen MR) is 397 cm³/mol. The molecule has 20 rings (SSSR count). The molecule has 96 heavy (non-hydrogen) atoms. The smallest absolute Gasteiger partial charge is 1.00 e. The van der Waals surface area contributed by atoms with E-state index in [1.807, 2.05) is 42.5 Å². The predicted octanol–water partition coefficient (Wildman–Crippen LogP) is 19.9. The van der Waals surface area contributed by atoms with Crippen molar-refractivity contribution >= 4 is 142 Å². The van der Waals surface area contributed by atoms with Crippen LogP contribution in [0.2, 0.25) is 5.28 Å². The largest absolute Gasteiger partial charge is 1.00 e. The Morgan fingerprint density at radius 3 is 1.21 bits per heavy atom. The van der Waals surface area contributed by atoms with Gasteiger partial charge in [0.25, 0.3) is 0 Å². The van der Waals surface area contributed by atoms with E-state index in [-0.39, 0.29) is 36.3 Å². The minimum absolute atomic E-state index is 0. The number of H-pyrrole nitrogens is 1. The first-order valence-electron chi connectivity index (χ1n) is 32.2. The minimum atomic E-state index is -1.00. The number of halogens is 2. The normalized spacial score (nSPS) is 11.5. The van der Waals surface area contributed by atoms with Crippen LogP contribution in [0.4, 0.5) is 4.39 Å². The summed E-state index contributed by atoms with van der Waals surface area (Å²) in [6.07, 6.45) is 0. The van der Waals surface area contributed by atoms with Crippen molar-refractivity contribution < 1.29 is 36.7 Å². The number of para-hydroxylation sites is 8. The SMILES string of the molecule is Clc1nc(-c2ccc3ccccc3c2)c2ccccc2n1.[2H]CF.[H-].[Na+].c1ccc2c(c1)[nH]c1ccc(-n3c4ccccc4c4ccccc43)cc12.c1ccc2cc(-c3nc(-n4c5ccccc5c5cc(-n6c7ccccc7c7ccccc76)ccc54)nc4ccccc34)ccc2c1. The third-order valence-corrected chi connectivity index (χ3v) is 18.4. The van der Waals surface area contributed by atoms with Gasteiger partial charge in [0.1, 0.15) is 0 Å². The average molecular weight is 1270 g/mol. The third-order valence-electron chi connectivity index (χ3n) is 18.2. The van der Waals surface area contributed by atoms with Crippen LogP contribution in [0.3, 0.4) is 0 Å². The Bertz CT molecular complexity index is 6310. The van der Waals surface area contributed by atoms with Crippen molar-refractivity contribution in [1.29, 1.82) is 0 Å². The fourth-order valence-corrected chi connectivity index (χ4v) is 14.2. The maximum Gasteiger partial charge on any atom is 1.00 e. The van der Waals surface area contributed by atoms with E-state index in [2.05, 4.69) is 302 Å². The minimum Gasteiger partial charge on any atom is -1.00 e. The van der Waals surface area contributed by atoms with E-state index in [9.17, 15) is 4.39 Å². The molecule has 0 saturated carbocycles. The fraction of sp³-hybridized carbons (Fsp3) is 0.0118. The Hall–Kier alpha value is -11.3. The van der Waals surface area contributed by atoms with Crippen molar-refractivity contribution in [3.8, 4) is 39.8 Å². The summed E-state index contributed by atoms with van der Waals surface area (Å²) in [7, 11) is -1.00. The molecule has 14 aromatic carbocycles. The standard InChI is InChI=1S/C42H26N4.C24H16N2.C18H11ClN2.CH3F.Na.H/c1-2-12-28-25-29(22-21-27(28)11-1)41-34-16-3-7-17-36(34)43-42(44-41)46-39-20-10-6-15-33(39)35-26-30(23-24-40(35)46)45-37-18-8-4-13-31(37)32-14-5-9-19-38(32)45;1-4-10-21-17(7-1)20-15-16(13-14-22(20)25-21)26-23-11-5-2-8-18(23)19-9-3-6-12-24(19)26;19-18-20-16-8-4-3-7-15(16)17(21-18)14-10-9-12-5-1-2-6-13(12)11-14;1-2;;/h1-26H;1-15,25H;1-11H;1H3;;/q;;;;+1;-1/i;;;1D;;. The Labute approximate surface area is 581 Å². The molecule has 0 unspecified atom stereocenters. The van der Waals surface area contributed by atoms with Gasteiger partial charge in [-0.2, -0.15) is 0 Å². The van der Waals surface area contributed by atoms with Crippen LogP contribution in [0.25, 0.3) is 170 Å². The van der Waals surface area contributed by atoms with Gasteiger partial charge in [-0.3, -0.25) is 8.96 Å². The fourth-order valence-electron chi connectivity index (χ4n) is 14.0. The summed E-state index contributed by atoms with van der Waals surface area (Å²) in [5.41, 5.74) is 17.4. The van der Waals surface area contributed by atoms with E-state index in [4.69, 9.17) is 22.9 Å². The maximum absolute atomic E-state index is 9.96. The monoisotopic (exact) mass is 1270 g/mol. The molecular formula is C85H57ClFN8Na. The molecule has 452 valence electrons. The summed E-state index contributed by atoms with van der Waals surface area (Å²) in [5, 5.41) is 17.1. The molecule has 11 heteroatoms. The van der Waals surface area contributed by atoms with Gasteiger partial charge < -0.3 is 15.5 Å². The van der Waals surface area contributed by atoms with Crippen molar-refractivity contribution in [1.82, 2.24) is 38.6 Å². The van der Waals surface area contributed by atoms with E-state index in [1.165, 1.54) is 103 Å². The second-order valence-corrected chi connectivity index (χ2v) is 23.9. The molecule has 1 N–H and O–H groups in total. The number of hydrogen-bond donors (Lipinski definition) is 1. The van der Waals surface area contributed by atoms with Crippen LogP contribution in [-0.4, -0.2) is 45.8 Å². The summed E-state index contributed by atoms with van der Waals surface area (Å²) in [6.45, 7) is 0. The Balaban J connectivity index is 0.000000127. The topological polar surface area (TPSA) is 82.1 Å². The number of aromatic nitrogens is 8. The molecule has 0 spiro atoms. The molecule has 6 heterocycles. The second kappa shape index (κ2) is 25.2. The average Bonchev–Trinajstić information content (AvgIpc) is 1.57. The molecule has 0 saturated heterocycles. The molecule has 0 aliphatic carbocycles. The van der Waals surface area contributed by atoms with Gasteiger partial charge in [0.15, 0.2) is 0 Å². The molecule has 0 atom stereocenters. The first-order chi connectivity index (χ1) is 47.4. The van der Waals surface area contributed by atoms with Crippen LogP contribution >= 0.6 is 11.6 Å². The van der Waals surface area contributed by atoms with Gasteiger partial charge in [0.05, 0.1) is 64.0 Å². The summed E-state index contributed by atoms with van der Waals surface area (Å²) < 4.78 is 22.5. The first kappa shape index (κ1) is 58.5. The van der Waals surface area contributed by atoms with Crippen molar-refractivity contribution in [2.45, 2.75) is 0 Å². The summed E-state index contributed by atoms with van der Waals surface area (Å²) in [4.78, 5) is 22.7. The summed E-state index contributed by atoms with van der Waals surface area (Å²) >= 11 is 6.07. The molecule has 0 amide bonds. The Kier molecular flexibility index (Phi) is 15.4. The number of hydrogen-bond acceptors (Lipinski definition) is 4. The molecule has 0 bridgehead atoms. The molecule has 8 nitrogen and oxygen atoms in total. The van der Waals surface area contributed by atoms with Gasteiger partial charge in [-0.15, -0.1) is 0 Å². The molecule has 0 aliphatic heterocycles. The number of benzene rings is 14. The quantitative estimate of drug-likeness (QED) is 0.137. The van der Waals surface area contributed by atoms with Gasteiger partial charge in [-0.25, -0.2) is 19.9 Å². The summed E-state index contributed by atoms with van der Waals surface area (Å²) in [5.74, 6) is 0.665. The van der Waals surface area contributed by atoms with E-state index >= 15 is 0 Å². The molecule has 6 aromatic heterocycles. The van der Waals surface area contributed by atoms with E-state index in [1.54, 1.807) is 0 Å². The van der Waals surface area contributed by atoms with Crippen molar-refractivity contribution in [3.63, 3.8) is 0 Å². The van der Waals surface area contributed by atoms with Crippen molar-refractivity contribution in [2.75, 3.05) is 7.15 Å².